The molecular weight excluding hydrogens is 418 g/mol. The minimum Gasteiger partial charge on any atom is -0.497 e. The minimum absolute atomic E-state index is 0.314. The number of benzene rings is 2. The van der Waals surface area contributed by atoms with E-state index in [0.29, 0.717) is 22.8 Å². The Balaban J connectivity index is 2.21. The average Bonchev–Trinajstić information content (AvgIpc) is 2.64. The summed E-state index contributed by atoms with van der Waals surface area (Å²) in [6.45, 7) is -0.447. The van der Waals surface area contributed by atoms with Gasteiger partial charge in [0.2, 0.25) is 26.0 Å². The number of ether oxygens (including phenoxy) is 1. The van der Waals surface area contributed by atoms with E-state index in [2.05, 4.69) is 5.32 Å². The van der Waals surface area contributed by atoms with Gasteiger partial charge < -0.3 is 10.1 Å². The average molecular weight is 442 g/mol. The number of sulfonamides is 2. The molecule has 1 N–H and O–H groups in total. The second-order valence-corrected chi connectivity index (χ2v) is 10.2. The van der Waals surface area contributed by atoms with Crippen LogP contribution in [0.5, 0.6) is 5.75 Å². The SMILES string of the molecule is COc1ccc(N(CC(=O)Nc2cccc(N(C)S(C)(=O)=O)c2)S(C)(=O)=O)cc1. The molecule has 0 spiro atoms. The lowest BCUT2D eigenvalue weighted by Crippen LogP contribution is -2.37. The lowest BCUT2D eigenvalue weighted by atomic mass is 10.2. The standard InChI is InChI=1S/C18H23N3O6S2/c1-20(28(3,23)24)16-7-5-6-14(12-16)19-18(22)13-21(29(4,25)26)15-8-10-17(27-2)11-9-15/h5-12H,13H2,1-4H3,(H,19,22). The predicted molar refractivity (Wildman–Crippen MR) is 114 cm³/mol. The molecular formula is C18H23N3O6S2. The molecule has 9 nitrogen and oxygen atoms in total. The summed E-state index contributed by atoms with van der Waals surface area (Å²) in [6, 6.07) is 12.5. The van der Waals surface area contributed by atoms with Crippen LogP contribution < -0.4 is 18.7 Å². The van der Waals surface area contributed by atoms with E-state index < -0.39 is 32.5 Å². The van der Waals surface area contributed by atoms with Crippen molar-refractivity contribution in [2.75, 3.05) is 47.1 Å². The summed E-state index contributed by atoms with van der Waals surface area (Å²) in [6.07, 6.45) is 2.07. The number of anilines is 3. The maximum Gasteiger partial charge on any atom is 0.245 e. The zero-order valence-electron chi connectivity index (χ0n) is 16.5. The Kier molecular flexibility index (Phi) is 6.75. The molecule has 0 aliphatic rings. The zero-order chi connectivity index (χ0) is 21.8. The van der Waals surface area contributed by atoms with Gasteiger partial charge in [-0.3, -0.25) is 13.4 Å². The van der Waals surface area contributed by atoms with Crippen molar-refractivity contribution in [3.63, 3.8) is 0 Å². The normalized spacial score (nSPS) is 11.6. The molecule has 2 aromatic carbocycles. The van der Waals surface area contributed by atoms with Crippen LogP contribution in [0.2, 0.25) is 0 Å². The molecule has 0 fully saturated rings. The van der Waals surface area contributed by atoms with Gasteiger partial charge in [-0.25, -0.2) is 16.8 Å². The highest BCUT2D eigenvalue weighted by atomic mass is 32.2. The number of hydrogen-bond donors (Lipinski definition) is 1. The molecule has 0 bridgehead atoms. The van der Waals surface area contributed by atoms with Crippen LogP contribution in [-0.4, -0.2) is 56.0 Å². The first-order valence-corrected chi connectivity index (χ1v) is 12.1. The van der Waals surface area contributed by atoms with E-state index in [1.807, 2.05) is 0 Å². The Bertz CT molecular complexity index is 1080. The van der Waals surface area contributed by atoms with Crippen molar-refractivity contribution in [1.29, 1.82) is 0 Å². The smallest absolute Gasteiger partial charge is 0.245 e. The molecule has 0 saturated heterocycles. The highest BCUT2D eigenvalue weighted by molar-refractivity contribution is 7.92. The topological polar surface area (TPSA) is 113 Å². The summed E-state index contributed by atoms with van der Waals surface area (Å²) >= 11 is 0. The van der Waals surface area contributed by atoms with Crippen LogP contribution >= 0.6 is 0 Å². The van der Waals surface area contributed by atoms with Gasteiger partial charge in [-0.1, -0.05) is 6.07 Å². The van der Waals surface area contributed by atoms with E-state index in [1.54, 1.807) is 30.3 Å². The fourth-order valence-corrected chi connectivity index (χ4v) is 3.80. The highest BCUT2D eigenvalue weighted by Crippen LogP contribution is 2.23. The van der Waals surface area contributed by atoms with Crippen molar-refractivity contribution in [2.24, 2.45) is 0 Å². The van der Waals surface area contributed by atoms with Crippen LogP contribution in [0.3, 0.4) is 0 Å². The van der Waals surface area contributed by atoms with Gasteiger partial charge in [0.15, 0.2) is 0 Å². The lowest BCUT2D eigenvalue weighted by Gasteiger charge is -2.22. The zero-order valence-corrected chi connectivity index (χ0v) is 18.1. The number of amides is 1. The molecule has 11 heteroatoms. The molecule has 0 aliphatic carbocycles. The Morgan fingerprint density at radius 2 is 1.59 bits per heavy atom. The Morgan fingerprint density at radius 3 is 2.10 bits per heavy atom. The van der Waals surface area contributed by atoms with E-state index >= 15 is 0 Å². The van der Waals surface area contributed by atoms with Crippen LogP contribution in [0.1, 0.15) is 0 Å². The van der Waals surface area contributed by atoms with Crippen LogP contribution in [0, 0.1) is 0 Å². The molecule has 1 amide bonds. The van der Waals surface area contributed by atoms with Crippen molar-refractivity contribution in [1.82, 2.24) is 0 Å². The molecule has 0 unspecified atom stereocenters. The number of rotatable bonds is 8. The molecule has 0 aromatic heterocycles. The summed E-state index contributed by atoms with van der Waals surface area (Å²) < 4.78 is 54.8. The first-order valence-electron chi connectivity index (χ1n) is 8.37. The summed E-state index contributed by atoms with van der Waals surface area (Å²) in [5, 5.41) is 2.59. The third-order valence-corrected chi connectivity index (χ3v) is 6.39. The van der Waals surface area contributed by atoms with Crippen LogP contribution in [0.15, 0.2) is 48.5 Å². The van der Waals surface area contributed by atoms with Crippen molar-refractivity contribution < 1.29 is 26.4 Å². The van der Waals surface area contributed by atoms with Gasteiger partial charge in [-0.2, -0.15) is 0 Å². The molecule has 0 atom stereocenters. The number of carbonyl (C=O) groups is 1. The maximum atomic E-state index is 12.5. The Hall–Kier alpha value is -2.79. The van der Waals surface area contributed by atoms with E-state index in [9.17, 15) is 21.6 Å². The first kappa shape index (κ1) is 22.5. The molecule has 0 radical (unpaired) electrons. The highest BCUT2D eigenvalue weighted by Gasteiger charge is 2.21. The number of methoxy groups -OCH3 is 1. The minimum atomic E-state index is -3.72. The molecule has 2 aromatic rings. The quantitative estimate of drug-likeness (QED) is 0.664. The van der Waals surface area contributed by atoms with Gasteiger partial charge in [0, 0.05) is 12.7 Å². The van der Waals surface area contributed by atoms with Crippen LogP contribution in [0.25, 0.3) is 0 Å². The molecule has 2 rings (SSSR count). The van der Waals surface area contributed by atoms with E-state index in [4.69, 9.17) is 4.74 Å². The molecule has 0 saturated carbocycles. The molecule has 0 aliphatic heterocycles. The van der Waals surface area contributed by atoms with E-state index in [1.165, 1.54) is 32.4 Å². The third kappa shape index (κ3) is 6.09. The van der Waals surface area contributed by atoms with Crippen molar-refractivity contribution in [2.45, 2.75) is 0 Å². The summed E-state index contributed by atoms with van der Waals surface area (Å²) in [5.41, 5.74) is 1.01. The van der Waals surface area contributed by atoms with Crippen molar-refractivity contribution >= 4 is 43.0 Å². The number of carbonyl (C=O) groups excluding carboxylic acids is 1. The van der Waals surface area contributed by atoms with Gasteiger partial charge in [0.25, 0.3) is 0 Å². The summed E-state index contributed by atoms with van der Waals surface area (Å²) in [4.78, 5) is 12.5. The number of nitrogens with zero attached hydrogens (tertiary/aromatic N) is 2. The van der Waals surface area contributed by atoms with Crippen molar-refractivity contribution in [3.8, 4) is 5.75 Å². The number of hydrogen-bond acceptors (Lipinski definition) is 6. The Morgan fingerprint density at radius 1 is 0.966 bits per heavy atom. The summed E-state index contributed by atoms with van der Waals surface area (Å²) in [5.74, 6) is -0.0242. The van der Waals surface area contributed by atoms with Gasteiger partial charge in [-0.05, 0) is 42.5 Å². The second-order valence-electron chi connectivity index (χ2n) is 6.30. The van der Waals surface area contributed by atoms with Gasteiger partial charge in [0.1, 0.15) is 12.3 Å². The van der Waals surface area contributed by atoms with Gasteiger partial charge in [-0.15, -0.1) is 0 Å². The fourth-order valence-electron chi connectivity index (χ4n) is 2.45. The molecule has 158 valence electrons. The molecule has 0 heterocycles. The fraction of sp³-hybridized carbons (Fsp3) is 0.278. The molecule has 29 heavy (non-hydrogen) atoms. The predicted octanol–water partition coefficient (Wildman–Crippen LogP) is 1.50. The van der Waals surface area contributed by atoms with Gasteiger partial charge in [0.05, 0.1) is 31.0 Å². The van der Waals surface area contributed by atoms with E-state index in [0.717, 1.165) is 21.1 Å². The van der Waals surface area contributed by atoms with E-state index in [-0.39, 0.29) is 0 Å². The summed E-state index contributed by atoms with van der Waals surface area (Å²) in [7, 11) is -4.29. The van der Waals surface area contributed by atoms with Crippen LogP contribution in [0.4, 0.5) is 17.1 Å². The lowest BCUT2D eigenvalue weighted by molar-refractivity contribution is -0.114. The van der Waals surface area contributed by atoms with Gasteiger partial charge >= 0.3 is 0 Å². The monoisotopic (exact) mass is 441 g/mol. The third-order valence-electron chi connectivity index (χ3n) is 4.04. The largest absolute Gasteiger partial charge is 0.497 e. The first-order chi connectivity index (χ1) is 13.4. The van der Waals surface area contributed by atoms with Crippen LogP contribution in [-0.2, 0) is 24.8 Å². The second kappa shape index (κ2) is 8.70. The van der Waals surface area contributed by atoms with Crippen molar-refractivity contribution in [3.05, 3.63) is 48.5 Å². The maximum absolute atomic E-state index is 12.5. The Labute approximate surface area is 171 Å². The number of nitrogens with one attached hydrogen (secondary N) is 1.